The smallest absolute Gasteiger partial charge is 0.373 e. The first kappa shape index (κ1) is 113. The van der Waals surface area contributed by atoms with Gasteiger partial charge in [-0.25, -0.2) is 0 Å². The third kappa shape index (κ3) is 32.9. The summed E-state index contributed by atoms with van der Waals surface area (Å²) in [7, 11) is 0. The minimum Gasteiger partial charge on any atom is -0.507 e. The number of aryl methyl sites for hydroxylation is 6. The quantitative estimate of drug-likeness (QED) is 0.0312. The van der Waals surface area contributed by atoms with Gasteiger partial charge < -0.3 is 82.8 Å². The molecule has 16 rings (SSSR count). The molecule has 5 atom stereocenters. The molecule has 5 unspecified atom stereocenters. The van der Waals surface area contributed by atoms with E-state index < -0.39 is 0 Å². The van der Waals surface area contributed by atoms with Gasteiger partial charge in [0.05, 0.1) is 90.3 Å². The third-order valence-electron chi connectivity index (χ3n) is 23.4. The zero-order valence-corrected chi connectivity index (χ0v) is 81.8. The summed E-state index contributed by atoms with van der Waals surface area (Å²) in [6.45, 7) is 27.6. The number of fused-ring (bicyclic) bond motifs is 5. The number of anilines is 5. The molecule has 8 heterocycles. The molecule has 36 nitrogen and oxygen atoms in total. The molecule has 142 heavy (non-hydrogen) atoms. The third-order valence-corrected chi connectivity index (χ3v) is 23.4. The van der Waals surface area contributed by atoms with E-state index >= 15 is 0 Å². The molecule has 1 saturated carbocycles. The summed E-state index contributed by atoms with van der Waals surface area (Å²) in [6.07, 6.45) is 13.1. The minimum absolute atomic E-state index is 0.0194. The van der Waals surface area contributed by atoms with E-state index in [2.05, 4.69) is 40.5 Å². The summed E-state index contributed by atoms with van der Waals surface area (Å²) in [5.41, 5.74) is 44.6. The number of amides is 5. The number of hydrogen-bond acceptors (Lipinski definition) is 31. The number of aromatic hydroxyl groups is 1. The Labute approximate surface area is 822 Å². The molecule has 748 valence electrons. The van der Waals surface area contributed by atoms with Gasteiger partial charge in [-0.1, -0.05) is 107 Å². The number of para-hydroxylation sites is 1. The van der Waals surface area contributed by atoms with Crippen molar-refractivity contribution in [2.24, 2.45) is 17.8 Å². The van der Waals surface area contributed by atoms with E-state index in [0.29, 0.717) is 77.8 Å². The summed E-state index contributed by atoms with van der Waals surface area (Å²) in [5, 5.41) is 19.9. The lowest BCUT2D eigenvalue weighted by molar-refractivity contribution is -0.193. The van der Waals surface area contributed by atoms with Crippen LogP contribution in [0.25, 0.3) is 54.5 Å². The molecule has 4 aliphatic rings. The van der Waals surface area contributed by atoms with Gasteiger partial charge in [0.15, 0.2) is 0 Å². The Bertz CT molecular complexity index is 6410. The van der Waals surface area contributed by atoms with E-state index in [1.807, 2.05) is 225 Å². The molecule has 3 saturated heterocycles. The Morgan fingerprint density at radius 3 is 1.07 bits per heavy atom. The van der Waals surface area contributed by atoms with E-state index in [4.69, 9.17) is 100 Å². The zero-order chi connectivity index (χ0) is 104. The van der Waals surface area contributed by atoms with Crippen molar-refractivity contribution >= 4 is 143 Å². The highest BCUT2D eigenvalue weighted by molar-refractivity contribution is 6.00. The first-order valence-electron chi connectivity index (χ1n) is 46.3. The van der Waals surface area contributed by atoms with Crippen LogP contribution >= 0.6 is 0 Å². The number of hydrogen-bond donors (Lipinski definition) is 8. The van der Waals surface area contributed by atoms with Gasteiger partial charge in [0.1, 0.15) is 67.5 Å². The van der Waals surface area contributed by atoms with Crippen LogP contribution in [0.4, 0.5) is 28.4 Å². The van der Waals surface area contributed by atoms with Crippen molar-refractivity contribution < 1.29 is 101 Å². The van der Waals surface area contributed by atoms with Gasteiger partial charge in [-0.05, 0) is 221 Å². The minimum atomic E-state index is -0.338. The number of carbonyl (C=O) groups excluding carboxylic acids is 15. The second-order valence-electron chi connectivity index (χ2n) is 34.7. The predicted molar refractivity (Wildman–Crippen MR) is 531 cm³/mol. The van der Waals surface area contributed by atoms with Crippen molar-refractivity contribution in [2.45, 2.75) is 184 Å². The lowest BCUT2D eigenvalue weighted by atomic mass is 9.88. The van der Waals surface area contributed by atoms with E-state index in [1.54, 1.807) is 31.2 Å². The van der Waals surface area contributed by atoms with Crippen LogP contribution in [0.2, 0.25) is 0 Å². The topological polar surface area (TPSA) is 551 Å². The van der Waals surface area contributed by atoms with Crippen molar-refractivity contribution in [1.82, 2.24) is 50.3 Å². The summed E-state index contributed by atoms with van der Waals surface area (Å²) in [4.78, 5) is 171. The van der Waals surface area contributed by atoms with Gasteiger partial charge >= 0.3 is 30.8 Å². The number of rotatable bonds is 22. The lowest BCUT2D eigenvalue weighted by Crippen LogP contribution is -2.42. The average molecular weight is 1940 g/mol. The molecule has 7 aromatic carbocycles. The predicted octanol–water partition coefficient (Wildman–Crippen LogP) is 14.1. The van der Waals surface area contributed by atoms with Gasteiger partial charge in [-0.2, -0.15) is 47.9 Å². The highest BCUT2D eigenvalue weighted by Gasteiger charge is 2.36. The Morgan fingerprint density at radius 1 is 0.387 bits per heavy atom. The highest BCUT2D eigenvalue weighted by Crippen LogP contribution is 2.38. The van der Waals surface area contributed by atoms with Crippen LogP contribution in [0.1, 0.15) is 167 Å². The molecule has 0 bridgehead atoms. The van der Waals surface area contributed by atoms with Crippen molar-refractivity contribution in [3.8, 4) is 34.5 Å². The second-order valence-corrected chi connectivity index (χ2v) is 34.7. The number of benzene rings is 7. The van der Waals surface area contributed by atoms with Crippen LogP contribution in [0.5, 0.6) is 34.5 Å². The standard InChI is InChI=1S/C22H25N3O3.C22H29N3O2.C21H23N3O2.C19H25N3O2.C17H21N3O2.5CO2/c1-13(2)18(25-22(27)15-7-4-5-9-19(15)26)12-28-20-10-6-8-17-21(20)16(23)11-14(3)24-17;1-15-13-18(23)21-19(24-15)10-5-11-20(21)27-14-17-9-6-12-25(17)22(26)16-7-3-2-4-8-16;1-13-6-4-7-16(10-13)21(25)24-15(3)12-26-19-9-5-8-18-20(19)17(22)11-14(2)23-18;1-12(2)19(23)22-9-5-6-14(22)11-24-17-8-4-7-16-18(17)15(20)10-13(3)21-16;1-11-9-14(18)17-15(19-11)6-3-7-16(17)22-10-13-5-4-8-20(13)12(2)21;5*2-1-3/h4-11,13,18,26H,12H2,1-3H3,(H2,23,24)(H,25,27);5,10-11,13,16-17H,2-4,6-9,12,14H2,1H3,(H2,23,24);4-11,15H,12H2,1-3H3,(H2,22,23)(H,24,25);4,7-8,10,12,14H,5-6,9,11H2,1-3H3,(H2,20,21);3,6-7,9,13H,4-5,8,10H2,1-2H3,(H2,18,19);;;;;. The molecule has 3 aliphatic heterocycles. The normalized spacial score (nSPS) is 14.6. The van der Waals surface area contributed by atoms with Crippen molar-refractivity contribution in [3.05, 3.63) is 215 Å². The molecule has 13 N–H and O–H groups in total. The molecule has 12 aromatic rings. The number of aromatic nitrogens is 5. The number of likely N-dealkylation sites (tertiary alicyclic amines) is 3. The van der Waals surface area contributed by atoms with Crippen molar-refractivity contribution in [1.29, 1.82) is 0 Å². The fourth-order valence-corrected chi connectivity index (χ4v) is 17.1. The fourth-order valence-electron chi connectivity index (χ4n) is 17.1. The van der Waals surface area contributed by atoms with E-state index in [9.17, 15) is 29.1 Å². The van der Waals surface area contributed by atoms with Gasteiger partial charge in [0.25, 0.3) is 11.8 Å². The van der Waals surface area contributed by atoms with Gasteiger partial charge in [0, 0.05) is 101 Å². The summed E-state index contributed by atoms with van der Waals surface area (Å²) in [5.74, 6) is 4.06. The molecular formula is C106H123N15O21. The fraction of sp³-hybridized carbons (Fsp3) is 0.368. The van der Waals surface area contributed by atoms with Crippen molar-refractivity contribution in [2.75, 3.05) is 81.3 Å². The number of pyridine rings is 5. The van der Waals surface area contributed by atoms with Gasteiger partial charge in [-0.15, -0.1) is 0 Å². The van der Waals surface area contributed by atoms with E-state index in [0.717, 1.165) is 177 Å². The lowest BCUT2D eigenvalue weighted by Gasteiger charge is -2.30. The van der Waals surface area contributed by atoms with Crippen LogP contribution < -0.4 is 63.0 Å². The maximum Gasteiger partial charge on any atom is 0.373 e. The van der Waals surface area contributed by atoms with Gasteiger partial charge in [0.2, 0.25) is 17.7 Å². The maximum absolute atomic E-state index is 13.0. The number of nitrogens with one attached hydrogen (secondary N) is 2. The number of ether oxygens (including phenoxy) is 5. The number of phenolic OH excluding ortho intramolecular Hbond substituents is 1. The van der Waals surface area contributed by atoms with Crippen molar-refractivity contribution in [3.63, 3.8) is 0 Å². The van der Waals surface area contributed by atoms with E-state index in [-0.39, 0.29) is 120 Å². The average Bonchev–Trinajstić information content (AvgIpc) is 1.26. The number of phenols is 1. The number of carbonyl (C=O) groups is 5. The molecule has 5 aromatic heterocycles. The summed E-state index contributed by atoms with van der Waals surface area (Å²) in [6, 6.07) is 51.9. The molecule has 4 fully saturated rings. The van der Waals surface area contributed by atoms with Crippen LogP contribution in [0, 0.1) is 59.3 Å². The summed E-state index contributed by atoms with van der Waals surface area (Å²) >= 11 is 0. The molecule has 1 aliphatic carbocycles. The van der Waals surface area contributed by atoms with E-state index in [1.165, 1.54) is 25.3 Å². The van der Waals surface area contributed by atoms with Crippen LogP contribution in [-0.4, -0.2) is 188 Å². The zero-order valence-electron chi connectivity index (χ0n) is 81.8. The number of nitrogen functional groups attached to an aromatic ring is 5. The summed E-state index contributed by atoms with van der Waals surface area (Å²) < 4.78 is 30.2. The Morgan fingerprint density at radius 2 is 0.718 bits per heavy atom. The maximum atomic E-state index is 13.0. The van der Waals surface area contributed by atoms with Gasteiger partial charge in [-0.3, -0.25) is 48.9 Å². The first-order valence-corrected chi connectivity index (χ1v) is 46.3. The largest absolute Gasteiger partial charge is 0.507 e. The number of nitrogens with two attached hydrogens (primary N) is 5. The molecule has 0 spiro atoms. The molecule has 36 heteroatoms. The van der Waals surface area contributed by atoms with Crippen LogP contribution in [-0.2, 0) is 62.3 Å². The molecular weight excluding hydrogens is 1820 g/mol. The van der Waals surface area contributed by atoms with Crippen LogP contribution in [0.15, 0.2) is 170 Å². The Kier molecular flexibility index (Phi) is 45.3. The molecule has 0 radical (unpaired) electrons. The molecule has 5 amide bonds. The highest BCUT2D eigenvalue weighted by atomic mass is 16.5. The Balaban J connectivity index is 0.000000233. The Hall–Kier alpha value is -16.4. The van der Waals surface area contributed by atoms with Crippen LogP contribution in [0.3, 0.4) is 0 Å². The monoisotopic (exact) mass is 1940 g/mol. The SMILES string of the molecule is CC(=O)N1CCCC1COc1cccc2nc(C)cc(N)c12.Cc1cc(N)c2c(OCC(NC(=O)c3ccccc3O)C(C)C)cccc2n1.Cc1cc(N)c2c(OCC3CCCN3C(=O)C(C)C)cccc2n1.Cc1cc(N)c2c(OCC3CCCN3C(=O)C3CCCCC3)cccc2n1.Cc1cccc(C(=O)NC(C)COc2cccc3nc(C)cc(N)c23)c1.O=C=O.O=C=O.O=C=O.O=C=O.O=C=O. The number of nitrogens with zero attached hydrogens (tertiary/aromatic N) is 8. The first-order chi connectivity index (χ1) is 68.0. The second kappa shape index (κ2) is 57.1.